The van der Waals surface area contributed by atoms with Crippen LogP contribution in [-0.4, -0.2) is 31.7 Å². The normalized spacial score (nSPS) is 28.0. The molecule has 0 aromatic carbocycles. The zero-order chi connectivity index (χ0) is 11.3. The summed E-state index contributed by atoms with van der Waals surface area (Å²) in [7, 11) is 0. The van der Waals surface area contributed by atoms with Crippen molar-refractivity contribution in [2.75, 3.05) is 13.4 Å². The third kappa shape index (κ3) is 5.96. The van der Waals surface area contributed by atoms with Gasteiger partial charge >= 0.3 is 6.18 Å². The monoisotopic (exact) mass is 227 g/mol. The van der Waals surface area contributed by atoms with Crippen molar-refractivity contribution in [2.24, 2.45) is 5.73 Å². The second-order valence-electron chi connectivity index (χ2n) is 3.80. The molecule has 2 unspecified atom stereocenters. The zero-order valence-corrected chi connectivity index (χ0v) is 8.43. The van der Waals surface area contributed by atoms with Crippen molar-refractivity contribution in [2.45, 2.75) is 44.0 Å². The van der Waals surface area contributed by atoms with Gasteiger partial charge < -0.3 is 15.2 Å². The molecule has 0 heterocycles. The van der Waals surface area contributed by atoms with E-state index in [1.807, 2.05) is 0 Å². The van der Waals surface area contributed by atoms with Gasteiger partial charge in [-0.2, -0.15) is 13.2 Å². The largest absolute Gasteiger partial charge is 0.411 e. The van der Waals surface area contributed by atoms with E-state index in [9.17, 15) is 13.2 Å². The Bertz CT molecular complexity index is 187. The first-order chi connectivity index (χ1) is 6.97. The molecular weight excluding hydrogens is 211 g/mol. The lowest BCUT2D eigenvalue weighted by Gasteiger charge is -2.26. The quantitative estimate of drug-likeness (QED) is 0.588. The van der Waals surface area contributed by atoms with Crippen LogP contribution in [-0.2, 0) is 9.47 Å². The molecule has 0 amide bonds. The van der Waals surface area contributed by atoms with Crippen molar-refractivity contribution in [1.29, 1.82) is 0 Å². The highest BCUT2D eigenvalue weighted by atomic mass is 19.4. The second kappa shape index (κ2) is 5.67. The summed E-state index contributed by atoms with van der Waals surface area (Å²) < 4.78 is 44.5. The molecule has 3 nitrogen and oxygen atoms in total. The van der Waals surface area contributed by atoms with Gasteiger partial charge in [0.05, 0.1) is 6.10 Å². The molecule has 1 aliphatic carbocycles. The first-order valence-corrected chi connectivity index (χ1v) is 4.99. The number of halogens is 3. The van der Waals surface area contributed by atoms with Crippen LogP contribution in [0.3, 0.4) is 0 Å². The van der Waals surface area contributed by atoms with E-state index in [0.717, 1.165) is 19.3 Å². The van der Waals surface area contributed by atoms with Crippen LogP contribution in [0.4, 0.5) is 13.2 Å². The lowest BCUT2D eigenvalue weighted by molar-refractivity contribution is -0.204. The Balaban J connectivity index is 2.04. The van der Waals surface area contributed by atoms with E-state index in [2.05, 4.69) is 4.74 Å². The molecular formula is C9H16F3NO2. The Morgan fingerprint density at radius 1 is 1.27 bits per heavy atom. The number of nitrogens with two attached hydrogens (primary N) is 1. The summed E-state index contributed by atoms with van der Waals surface area (Å²) in [6, 6.07) is 0.103. The highest BCUT2D eigenvalue weighted by Gasteiger charge is 2.27. The fourth-order valence-electron chi connectivity index (χ4n) is 1.63. The van der Waals surface area contributed by atoms with E-state index in [1.54, 1.807) is 0 Å². The van der Waals surface area contributed by atoms with Gasteiger partial charge in [0.1, 0.15) is 13.4 Å². The Morgan fingerprint density at radius 3 is 2.60 bits per heavy atom. The van der Waals surface area contributed by atoms with E-state index >= 15 is 0 Å². The third-order valence-corrected chi connectivity index (χ3v) is 2.32. The van der Waals surface area contributed by atoms with Crippen molar-refractivity contribution >= 4 is 0 Å². The molecule has 1 saturated carbocycles. The van der Waals surface area contributed by atoms with Crippen LogP contribution >= 0.6 is 0 Å². The van der Waals surface area contributed by atoms with E-state index < -0.39 is 12.8 Å². The highest BCUT2D eigenvalue weighted by molar-refractivity contribution is 4.74. The van der Waals surface area contributed by atoms with E-state index in [-0.39, 0.29) is 18.9 Å². The fourth-order valence-corrected chi connectivity index (χ4v) is 1.63. The summed E-state index contributed by atoms with van der Waals surface area (Å²) in [5.41, 5.74) is 5.70. The Hall–Kier alpha value is -0.330. The molecule has 0 spiro atoms. The van der Waals surface area contributed by atoms with E-state index in [0.29, 0.717) is 6.42 Å². The first-order valence-electron chi connectivity index (χ1n) is 4.99. The number of hydrogen-bond donors (Lipinski definition) is 1. The van der Waals surface area contributed by atoms with Crippen molar-refractivity contribution in [1.82, 2.24) is 0 Å². The molecule has 0 bridgehead atoms. The molecule has 1 fully saturated rings. The lowest BCUT2D eigenvalue weighted by Crippen LogP contribution is -2.33. The van der Waals surface area contributed by atoms with Gasteiger partial charge in [0.2, 0.25) is 0 Å². The minimum absolute atomic E-state index is 0.0537. The second-order valence-corrected chi connectivity index (χ2v) is 3.80. The summed E-state index contributed by atoms with van der Waals surface area (Å²) >= 11 is 0. The molecule has 0 aromatic heterocycles. The Labute approximate surface area is 86.7 Å². The van der Waals surface area contributed by atoms with Gasteiger partial charge in [0.25, 0.3) is 0 Å². The van der Waals surface area contributed by atoms with Gasteiger partial charge in [-0.1, -0.05) is 0 Å². The molecule has 0 aromatic rings. The van der Waals surface area contributed by atoms with Crippen LogP contribution in [0.15, 0.2) is 0 Å². The number of alkyl halides is 3. The maximum absolute atomic E-state index is 11.7. The third-order valence-electron chi connectivity index (χ3n) is 2.32. The summed E-state index contributed by atoms with van der Waals surface area (Å²) in [5, 5.41) is 0. The zero-order valence-electron chi connectivity index (χ0n) is 8.43. The molecule has 2 atom stereocenters. The highest BCUT2D eigenvalue weighted by Crippen LogP contribution is 2.20. The van der Waals surface area contributed by atoms with Crippen LogP contribution in [0.1, 0.15) is 25.7 Å². The van der Waals surface area contributed by atoms with Crippen LogP contribution in [0.5, 0.6) is 0 Å². The molecule has 0 aliphatic heterocycles. The minimum atomic E-state index is -4.29. The average molecular weight is 227 g/mol. The molecule has 2 N–H and O–H groups in total. The van der Waals surface area contributed by atoms with Crippen LogP contribution in [0.25, 0.3) is 0 Å². The summed E-state index contributed by atoms with van der Waals surface area (Å²) in [5.74, 6) is 0. The number of hydrogen-bond acceptors (Lipinski definition) is 3. The summed E-state index contributed by atoms with van der Waals surface area (Å²) in [4.78, 5) is 0. The molecule has 0 saturated heterocycles. The minimum Gasteiger partial charge on any atom is -0.352 e. The molecule has 90 valence electrons. The lowest BCUT2D eigenvalue weighted by atomic mass is 9.94. The predicted molar refractivity (Wildman–Crippen MR) is 48.2 cm³/mol. The first kappa shape index (κ1) is 12.7. The Morgan fingerprint density at radius 2 is 2.00 bits per heavy atom. The standard InChI is InChI=1S/C9H16F3NO2/c10-9(11,12)5-14-6-15-8-3-1-2-7(13)4-8/h7-8H,1-6,13H2. The van der Waals surface area contributed by atoms with Gasteiger partial charge in [-0.15, -0.1) is 0 Å². The molecule has 1 aliphatic rings. The molecule has 1 rings (SSSR count). The van der Waals surface area contributed by atoms with Crippen molar-refractivity contribution in [3.05, 3.63) is 0 Å². The molecule has 15 heavy (non-hydrogen) atoms. The van der Waals surface area contributed by atoms with Gasteiger partial charge in [0, 0.05) is 6.04 Å². The number of rotatable bonds is 4. The maximum Gasteiger partial charge on any atom is 0.411 e. The molecule has 6 heteroatoms. The van der Waals surface area contributed by atoms with Gasteiger partial charge in [-0.3, -0.25) is 0 Å². The topological polar surface area (TPSA) is 44.5 Å². The Kier molecular flexibility index (Phi) is 4.82. The van der Waals surface area contributed by atoms with Crippen LogP contribution in [0.2, 0.25) is 0 Å². The number of ether oxygens (including phenoxy) is 2. The van der Waals surface area contributed by atoms with Gasteiger partial charge in [-0.25, -0.2) is 0 Å². The predicted octanol–water partition coefficient (Wildman–Crippen LogP) is 1.81. The summed E-state index contributed by atoms with van der Waals surface area (Å²) in [6.45, 7) is -1.57. The van der Waals surface area contributed by atoms with Crippen molar-refractivity contribution in [3.63, 3.8) is 0 Å². The van der Waals surface area contributed by atoms with Crippen molar-refractivity contribution in [3.8, 4) is 0 Å². The average Bonchev–Trinajstić information content (AvgIpc) is 2.11. The van der Waals surface area contributed by atoms with Gasteiger partial charge in [-0.05, 0) is 25.7 Å². The fraction of sp³-hybridized carbons (Fsp3) is 1.00. The van der Waals surface area contributed by atoms with Crippen LogP contribution in [0, 0.1) is 0 Å². The molecule has 0 radical (unpaired) electrons. The summed E-state index contributed by atoms with van der Waals surface area (Å²) in [6.07, 6.45) is -0.860. The SMILES string of the molecule is NC1CCCC(OCOCC(F)(F)F)C1. The van der Waals surface area contributed by atoms with Gasteiger partial charge in [0.15, 0.2) is 0 Å². The van der Waals surface area contributed by atoms with Crippen LogP contribution < -0.4 is 5.73 Å². The van der Waals surface area contributed by atoms with Crippen molar-refractivity contribution < 1.29 is 22.6 Å². The van der Waals surface area contributed by atoms with E-state index in [1.165, 1.54) is 0 Å². The smallest absolute Gasteiger partial charge is 0.352 e. The van der Waals surface area contributed by atoms with E-state index in [4.69, 9.17) is 10.5 Å². The maximum atomic E-state index is 11.7.